The predicted molar refractivity (Wildman–Crippen MR) is 109 cm³/mol. The number of nitrogens with one attached hydrogen (secondary N) is 2. The molecule has 148 valence electrons. The van der Waals surface area contributed by atoms with Crippen molar-refractivity contribution >= 4 is 29.3 Å². The smallest absolute Gasteiger partial charge is 0.411 e. The van der Waals surface area contributed by atoms with Crippen LogP contribution in [0.3, 0.4) is 0 Å². The highest BCUT2D eigenvalue weighted by atomic mass is 16.5. The molecule has 2 aromatic carbocycles. The van der Waals surface area contributed by atoms with Crippen LogP contribution in [0, 0.1) is 13.8 Å². The van der Waals surface area contributed by atoms with Gasteiger partial charge in [0.15, 0.2) is 0 Å². The van der Waals surface area contributed by atoms with Crippen molar-refractivity contribution in [3.63, 3.8) is 0 Å². The minimum atomic E-state index is -0.589. The minimum Gasteiger partial charge on any atom is -0.450 e. The standard InChI is InChI=1S/C21H25N3O4/c1-5-28-21(27)22-17-8-6-7-16(12-17)20(26)24(4)13-19(25)23-18-11-14(2)9-10-15(18)3/h6-12H,5,13H2,1-4H3,(H,22,27)(H,23,25). The number of likely N-dealkylation sites (N-methyl/N-ethyl adjacent to an activating group) is 1. The Kier molecular flexibility index (Phi) is 7.14. The Balaban J connectivity index is 2.01. The molecule has 2 rings (SSSR count). The number of carbonyl (C=O) groups is 3. The van der Waals surface area contributed by atoms with Crippen molar-refractivity contribution in [1.82, 2.24) is 4.90 Å². The first-order chi connectivity index (χ1) is 13.3. The van der Waals surface area contributed by atoms with Gasteiger partial charge in [0.05, 0.1) is 13.2 Å². The lowest BCUT2D eigenvalue weighted by Gasteiger charge is -2.18. The number of benzene rings is 2. The molecule has 3 amide bonds. The Morgan fingerprint density at radius 3 is 2.50 bits per heavy atom. The van der Waals surface area contributed by atoms with Gasteiger partial charge < -0.3 is 15.0 Å². The largest absolute Gasteiger partial charge is 0.450 e. The summed E-state index contributed by atoms with van der Waals surface area (Å²) in [6.07, 6.45) is -0.589. The molecule has 0 atom stereocenters. The fourth-order valence-electron chi connectivity index (χ4n) is 2.58. The van der Waals surface area contributed by atoms with E-state index in [0.717, 1.165) is 16.8 Å². The average Bonchev–Trinajstić information content (AvgIpc) is 2.64. The van der Waals surface area contributed by atoms with Gasteiger partial charge >= 0.3 is 6.09 Å². The van der Waals surface area contributed by atoms with Gasteiger partial charge in [-0.2, -0.15) is 0 Å². The molecule has 0 aliphatic rings. The third-order valence-corrected chi connectivity index (χ3v) is 4.03. The van der Waals surface area contributed by atoms with Crippen molar-refractivity contribution in [3.8, 4) is 0 Å². The Bertz CT molecular complexity index is 880. The van der Waals surface area contributed by atoms with Crippen LogP contribution >= 0.6 is 0 Å². The molecule has 28 heavy (non-hydrogen) atoms. The maximum Gasteiger partial charge on any atom is 0.411 e. The summed E-state index contributed by atoms with van der Waals surface area (Å²) in [4.78, 5) is 37.8. The summed E-state index contributed by atoms with van der Waals surface area (Å²) >= 11 is 0. The SMILES string of the molecule is CCOC(=O)Nc1cccc(C(=O)N(C)CC(=O)Nc2cc(C)ccc2C)c1. The van der Waals surface area contributed by atoms with Gasteiger partial charge in [0.25, 0.3) is 5.91 Å². The lowest BCUT2D eigenvalue weighted by Crippen LogP contribution is -2.35. The molecule has 0 spiro atoms. The summed E-state index contributed by atoms with van der Waals surface area (Å²) < 4.78 is 4.82. The lowest BCUT2D eigenvalue weighted by molar-refractivity contribution is -0.116. The van der Waals surface area contributed by atoms with E-state index in [1.54, 1.807) is 38.2 Å². The molecule has 2 aromatic rings. The summed E-state index contributed by atoms with van der Waals surface area (Å²) in [5.41, 5.74) is 3.52. The van der Waals surface area contributed by atoms with E-state index in [1.807, 2.05) is 32.0 Å². The second-order valence-corrected chi connectivity index (χ2v) is 6.45. The van der Waals surface area contributed by atoms with Gasteiger partial charge in [-0.3, -0.25) is 14.9 Å². The molecule has 0 heterocycles. The number of aryl methyl sites for hydroxylation is 2. The first kappa shape index (κ1) is 21.0. The Hall–Kier alpha value is -3.35. The van der Waals surface area contributed by atoms with Crippen LogP contribution in [0.4, 0.5) is 16.2 Å². The van der Waals surface area contributed by atoms with Crippen LogP contribution in [0.15, 0.2) is 42.5 Å². The summed E-state index contributed by atoms with van der Waals surface area (Å²) in [5, 5.41) is 5.38. The van der Waals surface area contributed by atoms with Crippen LogP contribution in [0.1, 0.15) is 28.4 Å². The van der Waals surface area contributed by atoms with E-state index in [2.05, 4.69) is 10.6 Å². The van der Waals surface area contributed by atoms with Gasteiger partial charge in [-0.25, -0.2) is 4.79 Å². The van der Waals surface area contributed by atoms with Crippen molar-refractivity contribution in [2.75, 3.05) is 30.8 Å². The third kappa shape index (κ3) is 5.84. The van der Waals surface area contributed by atoms with Crippen molar-refractivity contribution in [2.45, 2.75) is 20.8 Å². The molecular weight excluding hydrogens is 358 g/mol. The molecule has 7 heteroatoms. The molecular formula is C21H25N3O4. The van der Waals surface area contributed by atoms with E-state index in [-0.39, 0.29) is 25.0 Å². The summed E-state index contributed by atoms with van der Waals surface area (Å²) in [6.45, 7) is 5.72. The highest BCUT2D eigenvalue weighted by Crippen LogP contribution is 2.17. The summed E-state index contributed by atoms with van der Waals surface area (Å²) in [7, 11) is 1.55. The van der Waals surface area contributed by atoms with E-state index < -0.39 is 6.09 Å². The second kappa shape index (κ2) is 9.55. The zero-order valence-electron chi connectivity index (χ0n) is 16.5. The number of hydrogen-bond donors (Lipinski definition) is 2. The van der Waals surface area contributed by atoms with Gasteiger partial charge in [-0.15, -0.1) is 0 Å². The zero-order valence-corrected chi connectivity index (χ0v) is 16.5. The Labute approximate surface area is 164 Å². The number of amides is 3. The maximum atomic E-state index is 12.6. The van der Waals surface area contributed by atoms with E-state index in [9.17, 15) is 14.4 Å². The van der Waals surface area contributed by atoms with Gasteiger partial charge in [-0.1, -0.05) is 18.2 Å². The minimum absolute atomic E-state index is 0.0955. The molecule has 0 saturated heterocycles. The molecule has 0 saturated carbocycles. The number of ether oxygens (including phenoxy) is 1. The van der Waals surface area contributed by atoms with Crippen LogP contribution in [0.2, 0.25) is 0 Å². The Morgan fingerprint density at radius 1 is 1.04 bits per heavy atom. The van der Waals surface area contributed by atoms with Gasteiger partial charge in [0.2, 0.25) is 5.91 Å². The normalized spacial score (nSPS) is 10.1. The summed E-state index contributed by atoms with van der Waals surface area (Å²) in [6, 6.07) is 12.3. The fourth-order valence-corrected chi connectivity index (χ4v) is 2.58. The second-order valence-electron chi connectivity index (χ2n) is 6.45. The molecule has 0 unspecified atom stereocenters. The van der Waals surface area contributed by atoms with Crippen molar-refractivity contribution in [1.29, 1.82) is 0 Å². The molecule has 0 bridgehead atoms. The molecule has 0 aromatic heterocycles. The van der Waals surface area contributed by atoms with Crippen LogP contribution in [0.25, 0.3) is 0 Å². The Morgan fingerprint density at radius 2 is 1.79 bits per heavy atom. The summed E-state index contributed by atoms with van der Waals surface area (Å²) in [5.74, 6) is -0.617. The maximum absolute atomic E-state index is 12.6. The van der Waals surface area contributed by atoms with Crippen molar-refractivity contribution in [2.24, 2.45) is 0 Å². The number of rotatable bonds is 6. The monoisotopic (exact) mass is 383 g/mol. The molecule has 0 fully saturated rings. The fraction of sp³-hybridized carbons (Fsp3) is 0.286. The predicted octanol–water partition coefficient (Wildman–Crippen LogP) is 3.58. The average molecular weight is 383 g/mol. The topological polar surface area (TPSA) is 87.7 Å². The van der Waals surface area contributed by atoms with Crippen molar-refractivity contribution < 1.29 is 19.1 Å². The van der Waals surface area contributed by atoms with E-state index >= 15 is 0 Å². The van der Waals surface area contributed by atoms with Crippen LogP contribution in [-0.2, 0) is 9.53 Å². The van der Waals surface area contributed by atoms with Crippen LogP contribution in [0.5, 0.6) is 0 Å². The van der Waals surface area contributed by atoms with Crippen molar-refractivity contribution in [3.05, 3.63) is 59.2 Å². The first-order valence-electron chi connectivity index (χ1n) is 8.96. The number of hydrogen-bond acceptors (Lipinski definition) is 4. The number of anilines is 2. The van der Waals surface area contributed by atoms with E-state index in [0.29, 0.717) is 11.3 Å². The molecule has 2 N–H and O–H groups in total. The van der Waals surface area contributed by atoms with Crippen LogP contribution < -0.4 is 10.6 Å². The van der Waals surface area contributed by atoms with E-state index in [1.165, 1.54) is 4.90 Å². The molecule has 7 nitrogen and oxygen atoms in total. The van der Waals surface area contributed by atoms with Crippen LogP contribution in [-0.4, -0.2) is 43.0 Å². The molecule has 0 radical (unpaired) electrons. The van der Waals surface area contributed by atoms with Gasteiger partial charge in [-0.05, 0) is 56.2 Å². The lowest BCUT2D eigenvalue weighted by atomic mass is 10.1. The molecule has 0 aliphatic heterocycles. The first-order valence-corrected chi connectivity index (χ1v) is 8.96. The highest BCUT2D eigenvalue weighted by Gasteiger charge is 2.16. The number of nitrogens with zero attached hydrogens (tertiary/aromatic N) is 1. The van der Waals surface area contributed by atoms with Gasteiger partial charge in [0.1, 0.15) is 0 Å². The number of carbonyl (C=O) groups excluding carboxylic acids is 3. The highest BCUT2D eigenvalue weighted by molar-refractivity contribution is 6.00. The molecule has 0 aliphatic carbocycles. The zero-order chi connectivity index (χ0) is 20.7. The quantitative estimate of drug-likeness (QED) is 0.798. The van der Waals surface area contributed by atoms with Gasteiger partial charge in [0, 0.05) is 24.0 Å². The third-order valence-electron chi connectivity index (χ3n) is 4.03. The van der Waals surface area contributed by atoms with E-state index in [4.69, 9.17) is 4.74 Å².